The van der Waals surface area contributed by atoms with E-state index in [4.69, 9.17) is 16.3 Å². The van der Waals surface area contributed by atoms with Crippen LogP contribution in [0.5, 0.6) is 0 Å². The van der Waals surface area contributed by atoms with Gasteiger partial charge in [-0.3, -0.25) is 0 Å². The summed E-state index contributed by atoms with van der Waals surface area (Å²) in [6, 6.07) is 0. The van der Waals surface area contributed by atoms with Crippen LogP contribution >= 0.6 is 11.6 Å². The fraction of sp³-hybridized carbons (Fsp3) is 0.571. The maximum absolute atomic E-state index is 5.56. The third-order valence-electron chi connectivity index (χ3n) is 1.27. The first-order chi connectivity index (χ1) is 5.36. The number of imidazole rings is 1. The van der Waals surface area contributed by atoms with Gasteiger partial charge >= 0.3 is 0 Å². The third-order valence-corrected chi connectivity index (χ3v) is 1.54. The van der Waals surface area contributed by atoms with Gasteiger partial charge in [0, 0.05) is 12.8 Å². The molecule has 0 atom stereocenters. The predicted molar refractivity (Wildman–Crippen MR) is 43.4 cm³/mol. The first-order valence-electron chi connectivity index (χ1n) is 3.51. The number of nitrogens with zero attached hydrogens (tertiary/aromatic N) is 2. The van der Waals surface area contributed by atoms with Crippen molar-refractivity contribution in [2.24, 2.45) is 0 Å². The average Bonchev–Trinajstić information content (AvgIpc) is 2.48. The van der Waals surface area contributed by atoms with Gasteiger partial charge in [-0.25, -0.2) is 4.98 Å². The summed E-state index contributed by atoms with van der Waals surface area (Å²) >= 11 is 5.56. The molecule has 0 saturated heterocycles. The van der Waals surface area contributed by atoms with Gasteiger partial charge in [0.2, 0.25) is 0 Å². The fourth-order valence-electron chi connectivity index (χ4n) is 0.743. The van der Waals surface area contributed by atoms with Crippen molar-refractivity contribution in [3.8, 4) is 0 Å². The van der Waals surface area contributed by atoms with Crippen molar-refractivity contribution in [1.29, 1.82) is 0 Å². The van der Waals surface area contributed by atoms with E-state index in [0.29, 0.717) is 19.2 Å². The molecule has 0 N–H and O–H groups in total. The lowest BCUT2D eigenvalue weighted by Crippen LogP contribution is -1.98. The molecule has 11 heavy (non-hydrogen) atoms. The Hall–Kier alpha value is -0.540. The zero-order chi connectivity index (χ0) is 8.10. The van der Waals surface area contributed by atoms with Crippen LogP contribution in [0.4, 0.5) is 0 Å². The Bertz CT molecular complexity index is 212. The SMILES string of the molecule is CCOCn1cnc(CCl)c1. The summed E-state index contributed by atoms with van der Waals surface area (Å²) < 4.78 is 7.02. The summed E-state index contributed by atoms with van der Waals surface area (Å²) in [5.74, 6) is 0.457. The minimum absolute atomic E-state index is 0.457. The number of ether oxygens (including phenoxy) is 1. The Morgan fingerprint density at radius 2 is 2.55 bits per heavy atom. The smallest absolute Gasteiger partial charge is 0.123 e. The number of alkyl halides is 1. The van der Waals surface area contributed by atoms with Crippen molar-refractivity contribution in [2.45, 2.75) is 19.5 Å². The zero-order valence-corrected chi connectivity index (χ0v) is 7.21. The van der Waals surface area contributed by atoms with E-state index in [1.807, 2.05) is 17.7 Å². The molecular formula is C7H11ClN2O. The number of rotatable bonds is 4. The molecule has 0 radical (unpaired) electrons. The topological polar surface area (TPSA) is 27.1 Å². The van der Waals surface area contributed by atoms with Crippen LogP contribution in [0.15, 0.2) is 12.5 Å². The van der Waals surface area contributed by atoms with Crippen LogP contribution in [-0.2, 0) is 17.3 Å². The standard InChI is InChI=1S/C7H11ClN2O/c1-2-11-6-10-4-7(3-8)9-5-10/h4-5H,2-3,6H2,1H3. The molecule has 1 rings (SSSR count). The van der Waals surface area contributed by atoms with Gasteiger partial charge in [0.1, 0.15) is 6.73 Å². The molecule has 0 bridgehead atoms. The number of halogens is 1. The molecule has 0 fully saturated rings. The maximum Gasteiger partial charge on any atom is 0.123 e. The van der Waals surface area contributed by atoms with Crippen molar-refractivity contribution in [3.05, 3.63) is 18.2 Å². The van der Waals surface area contributed by atoms with Crippen molar-refractivity contribution >= 4 is 11.6 Å². The van der Waals surface area contributed by atoms with Gasteiger partial charge in [0.05, 0.1) is 17.9 Å². The lowest BCUT2D eigenvalue weighted by Gasteiger charge is -1.99. The lowest BCUT2D eigenvalue weighted by molar-refractivity contribution is 0.0877. The largest absolute Gasteiger partial charge is 0.361 e. The third kappa shape index (κ3) is 2.52. The van der Waals surface area contributed by atoms with Crippen molar-refractivity contribution < 1.29 is 4.74 Å². The van der Waals surface area contributed by atoms with E-state index in [0.717, 1.165) is 5.69 Å². The van der Waals surface area contributed by atoms with Crippen LogP contribution in [0.25, 0.3) is 0 Å². The Kier molecular flexibility index (Phi) is 3.39. The molecule has 0 aromatic carbocycles. The normalized spacial score (nSPS) is 10.4. The van der Waals surface area contributed by atoms with Crippen LogP contribution in [-0.4, -0.2) is 16.2 Å². The van der Waals surface area contributed by atoms with Crippen molar-refractivity contribution in [1.82, 2.24) is 9.55 Å². The molecule has 1 aromatic rings. The van der Waals surface area contributed by atoms with Gasteiger partial charge in [-0.2, -0.15) is 0 Å². The van der Waals surface area contributed by atoms with E-state index in [1.165, 1.54) is 0 Å². The molecule has 62 valence electrons. The van der Waals surface area contributed by atoms with E-state index >= 15 is 0 Å². The van der Waals surface area contributed by atoms with Gasteiger partial charge < -0.3 is 9.30 Å². The number of hydrogen-bond donors (Lipinski definition) is 0. The highest BCUT2D eigenvalue weighted by Gasteiger charge is 1.94. The van der Waals surface area contributed by atoms with Gasteiger partial charge in [0.15, 0.2) is 0 Å². The molecule has 0 saturated carbocycles. The summed E-state index contributed by atoms with van der Waals surface area (Å²) in [4.78, 5) is 4.04. The van der Waals surface area contributed by atoms with E-state index in [-0.39, 0.29) is 0 Å². The molecular weight excluding hydrogens is 164 g/mol. The predicted octanol–water partition coefficient (Wildman–Crippen LogP) is 1.62. The van der Waals surface area contributed by atoms with Crippen LogP contribution in [0, 0.1) is 0 Å². The number of aromatic nitrogens is 2. The second-order valence-electron chi connectivity index (χ2n) is 2.13. The van der Waals surface area contributed by atoms with E-state index in [9.17, 15) is 0 Å². The molecule has 1 heterocycles. The first-order valence-corrected chi connectivity index (χ1v) is 4.04. The molecule has 0 aliphatic rings. The lowest BCUT2D eigenvalue weighted by atomic mass is 10.6. The summed E-state index contributed by atoms with van der Waals surface area (Å²) in [5, 5.41) is 0. The maximum atomic E-state index is 5.56. The quantitative estimate of drug-likeness (QED) is 0.649. The second-order valence-corrected chi connectivity index (χ2v) is 2.40. The first kappa shape index (κ1) is 8.56. The molecule has 4 heteroatoms. The average molecular weight is 175 g/mol. The summed E-state index contributed by atoms with van der Waals surface area (Å²) in [7, 11) is 0. The van der Waals surface area contributed by atoms with Gasteiger partial charge in [-0.1, -0.05) is 0 Å². The molecule has 3 nitrogen and oxygen atoms in total. The molecule has 0 unspecified atom stereocenters. The van der Waals surface area contributed by atoms with Gasteiger partial charge in [-0.05, 0) is 6.92 Å². The van der Waals surface area contributed by atoms with Crippen LogP contribution < -0.4 is 0 Å². The van der Waals surface area contributed by atoms with Crippen LogP contribution in [0.1, 0.15) is 12.6 Å². The molecule has 0 aliphatic carbocycles. The van der Waals surface area contributed by atoms with E-state index < -0.39 is 0 Å². The van der Waals surface area contributed by atoms with E-state index in [2.05, 4.69) is 4.98 Å². The summed E-state index contributed by atoms with van der Waals surface area (Å²) in [6.07, 6.45) is 3.59. The zero-order valence-electron chi connectivity index (χ0n) is 6.46. The Labute approximate surface area is 70.9 Å². The highest BCUT2D eigenvalue weighted by Crippen LogP contribution is 1.99. The van der Waals surface area contributed by atoms with Crippen molar-refractivity contribution in [3.63, 3.8) is 0 Å². The fourth-order valence-corrected chi connectivity index (χ4v) is 0.881. The molecule has 0 spiro atoms. The van der Waals surface area contributed by atoms with Crippen LogP contribution in [0.3, 0.4) is 0 Å². The Morgan fingerprint density at radius 3 is 3.09 bits per heavy atom. The van der Waals surface area contributed by atoms with Crippen LogP contribution in [0.2, 0.25) is 0 Å². The van der Waals surface area contributed by atoms with E-state index in [1.54, 1.807) is 6.33 Å². The summed E-state index contributed by atoms with van der Waals surface area (Å²) in [6.45, 7) is 3.23. The van der Waals surface area contributed by atoms with Gasteiger partial charge in [-0.15, -0.1) is 11.6 Å². The molecule has 1 aromatic heterocycles. The molecule has 0 aliphatic heterocycles. The minimum atomic E-state index is 0.457. The minimum Gasteiger partial charge on any atom is -0.361 e. The van der Waals surface area contributed by atoms with Crippen molar-refractivity contribution in [2.75, 3.05) is 6.61 Å². The highest BCUT2D eigenvalue weighted by molar-refractivity contribution is 6.16. The van der Waals surface area contributed by atoms with Gasteiger partial charge in [0.25, 0.3) is 0 Å². The highest BCUT2D eigenvalue weighted by atomic mass is 35.5. The Morgan fingerprint density at radius 1 is 1.73 bits per heavy atom. The Balaban J connectivity index is 2.44. The monoisotopic (exact) mass is 174 g/mol. The second kappa shape index (κ2) is 4.36. The number of hydrogen-bond acceptors (Lipinski definition) is 2. The molecule has 0 amide bonds. The summed E-state index contributed by atoms with van der Waals surface area (Å²) in [5.41, 5.74) is 0.881.